The van der Waals surface area contributed by atoms with Crippen LogP contribution in [-0.4, -0.2) is 63.0 Å². The van der Waals surface area contributed by atoms with Crippen LogP contribution in [0.15, 0.2) is 41.5 Å². The molecule has 2 atom stereocenters. The van der Waals surface area contributed by atoms with Crippen LogP contribution in [-0.2, 0) is 25.6 Å². The molecule has 2 aromatic heterocycles. The highest BCUT2D eigenvalue weighted by Gasteiger charge is 2.25. The number of imidazole rings is 1. The molecule has 2 heterocycles. The number of hydrogen-bond donors (Lipinski definition) is 3. The van der Waals surface area contributed by atoms with E-state index in [9.17, 15) is 19.2 Å². The van der Waals surface area contributed by atoms with Gasteiger partial charge in [0.1, 0.15) is 6.04 Å². The third-order valence-electron chi connectivity index (χ3n) is 9.68. The fourth-order valence-corrected chi connectivity index (χ4v) is 6.47. The number of fused-ring (bicyclic) bond motifs is 1. The van der Waals surface area contributed by atoms with E-state index in [1.54, 1.807) is 28.8 Å². The Labute approximate surface area is 315 Å². The van der Waals surface area contributed by atoms with Gasteiger partial charge in [-0.05, 0) is 18.8 Å². The molecule has 0 aliphatic carbocycles. The van der Waals surface area contributed by atoms with Crippen molar-refractivity contribution in [1.29, 1.82) is 0 Å². The Morgan fingerprint density at radius 1 is 0.868 bits per heavy atom. The summed E-state index contributed by atoms with van der Waals surface area (Å²) < 4.78 is 13.1. The lowest BCUT2D eigenvalue weighted by molar-refractivity contribution is -0.150. The number of rotatable bonds is 29. The van der Waals surface area contributed by atoms with Crippen LogP contribution in [0.2, 0.25) is 0 Å². The van der Waals surface area contributed by atoms with Gasteiger partial charge in [0.15, 0.2) is 16.9 Å². The van der Waals surface area contributed by atoms with Gasteiger partial charge in [-0.1, -0.05) is 141 Å². The second-order valence-electron chi connectivity index (χ2n) is 14.6. The number of aromatic amines is 1. The number of nitrogen functional groups attached to an aromatic ring is 1. The number of hydrogen-bond acceptors (Lipinski definition) is 10. The summed E-state index contributed by atoms with van der Waals surface area (Å²) in [7, 11) is 0. The molecule has 0 spiro atoms. The first-order valence-corrected chi connectivity index (χ1v) is 20.0. The largest absolute Gasteiger partial charge is 0.465 e. The predicted octanol–water partition coefficient (Wildman–Crippen LogP) is 7.55. The maximum atomic E-state index is 13.1. The van der Waals surface area contributed by atoms with Crippen molar-refractivity contribution in [1.82, 2.24) is 24.8 Å². The van der Waals surface area contributed by atoms with Gasteiger partial charge in [0.2, 0.25) is 5.95 Å². The number of H-pyrrole nitrogens is 1. The third kappa shape index (κ3) is 16.7. The number of carbonyl (C=O) groups is 3. The number of carbonyl (C=O) groups excluding carboxylic acids is 3. The van der Waals surface area contributed by atoms with Crippen molar-refractivity contribution in [2.45, 2.75) is 143 Å². The van der Waals surface area contributed by atoms with Gasteiger partial charge in [-0.3, -0.25) is 29.5 Å². The normalized spacial score (nSPS) is 12.6. The SMILES string of the molecule is CCCCCCCCCCCCCCCCCC(=O)OC[C@H](CCOC(=O)[C@@H](NCC(=O)c1ccccc1)C(C)C)Cn1cnc2c(=O)[nH]c(N)nc21. The number of ketones is 1. The molecule has 0 saturated heterocycles. The molecule has 3 rings (SSSR count). The highest BCUT2D eigenvalue weighted by atomic mass is 16.5. The predicted molar refractivity (Wildman–Crippen MR) is 210 cm³/mol. The minimum Gasteiger partial charge on any atom is -0.465 e. The van der Waals surface area contributed by atoms with Crippen LogP contribution in [0, 0.1) is 11.8 Å². The molecule has 0 aliphatic rings. The van der Waals surface area contributed by atoms with E-state index in [-0.39, 0.29) is 54.8 Å². The van der Waals surface area contributed by atoms with E-state index in [0.717, 1.165) is 19.3 Å². The number of nitrogens with two attached hydrogens (primary N) is 1. The number of ether oxygens (including phenoxy) is 2. The molecule has 294 valence electrons. The molecule has 4 N–H and O–H groups in total. The summed E-state index contributed by atoms with van der Waals surface area (Å²) in [6, 6.07) is 8.24. The van der Waals surface area contributed by atoms with Gasteiger partial charge in [-0.25, -0.2) is 4.98 Å². The number of benzene rings is 1. The van der Waals surface area contributed by atoms with Crippen molar-refractivity contribution >= 4 is 34.8 Å². The van der Waals surface area contributed by atoms with Crippen LogP contribution in [0.1, 0.15) is 140 Å². The smallest absolute Gasteiger partial charge is 0.323 e. The number of nitrogens with one attached hydrogen (secondary N) is 2. The zero-order chi connectivity index (χ0) is 38.3. The molecule has 0 saturated carbocycles. The van der Waals surface area contributed by atoms with Crippen molar-refractivity contribution < 1.29 is 23.9 Å². The molecule has 0 radical (unpaired) electrons. The fraction of sp³-hybridized carbons (Fsp3) is 0.659. The van der Waals surface area contributed by atoms with Gasteiger partial charge in [-0.2, -0.15) is 4.98 Å². The van der Waals surface area contributed by atoms with Crippen LogP contribution in [0.5, 0.6) is 0 Å². The monoisotopic (exact) mass is 736 g/mol. The summed E-state index contributed by atoms with van der Waals surface area (Å²) in [5.74, 6) is -1.24. The van der Waals surface area contributed by atoms with Crippen LogP contribution in [0.3, 0.4) is 0 Å². The molecule has 0 aliphatic heterocycles. The van der Waals surface area contributed by atoms with Crippen LogP contribution < -0.4 is 16.6 Å². The zero-order valence-corrected chi connectivity index (χ0v) is 32.4. The Balaban J connectivity index is 1.42. The molecule has 0 amide bonds. The van der Waals surface area contributed by atoms with Crippen molar-refractivity contribution in [3.63, 3.8) is 0 Å². The van der Waals surface area contributed by atoms with Gasteiger partial charge in [-0.15, -0.1) is 0 Å². The Kier molecular flexibility index (Phi) is 20.5. The zero-order valence-electron chi connectivity index (χ0n) is 32.4. The summed E-state index contributed by atoms with van der Waals surface area (Å²) >= 11 is 0. The second-order valence-corrected chi connectivity index (χ2v) is 14.6. The number of Topliss-reactive ketones (excluding diaryl/α,β-unsaturated/α-hetero) is 1. The minimum atomic E-state index is -0.676. The molecule has 0 fully saturated rings. The first-order chi connectivity index (χ1) is 25.7. The number of anilines is 1. The average molecular weight is 737 g/mol. The molecular formula is C41H64N6O6. The van der Waals surface area contributed by atoms with E-state index in [1.165, 1.54) is 83.4 Å². The third-order valence-corrected chi connectivity index (χ3v) is 9.68. The highest BCUT2D eigenvalue weighted by molar-refractivity contribution is 5.97. The van der Waals surface area contributed by atoms with Gasteiger partial charge in [0.05, 0.1) is 26.1 Å². The van der Waals surface area contributed by atoms with Gasteiger partial charge in [0, 0.05) is 24.4 Å². The molecule has 0 unspecified atom stereocenters. The molecule has 1 aromatic carbocycles. The van der Waals surface area contributed by atoms with E-state index in [4.69, 9.17) is 15.2 Å². The molecule has 12 nitrogen and oxygen atoms in total. The number of aromatic nitrogens is 4. The molecular weight excluding hydrogens is 672 g/mol. The van der Waals surface area contributed by atoms with E-state index >= 15 is 0 Å². The summed E-state index contributed by atoms with van der Waals surface area (Å²) in [5, 5.41) is 3.06. The lowest BCUT2D eigenvalue weighted by Crippen LogP contribution is -2.44. The molecule has 3 aromatic rings. The second kappa shape index (κ2) is 25.0. The Bertz CT molecular complexity index is 1560. The van der Waals surface area contributed by atoms with Crippen LogP contribution in [0.4, 0.5) is 5.95 Å². The van der Waals surface area contributed by atoms with E-state index in [0.29, 0.717) is 30.6 Å². The van der Waals surface area contributed by atoms with Crippen LogP contribution in [0.25, 0.3) is 11.2 Å². The summed E-state index contributed by atoms with van der Waals surface area (Å²) in [5.41, 5.74) is 6.40. The number of unbranched alkanes of at least 4 members (excludes halogenated alkanes) is 14. The molecule has 53 heavy (non-hydrogen) atoms. The topological polar surface area (TPSA) is 171 Å². The van der Waals surface area contributed by atoms with E-state index in [1.807, 2.05) is 19.9 Å². The quantitative estimate of drug-likeness (QED) is 0.0367. The molecule has 12 heteroatoms. The lowest BCUT2D eigenvalue weighted by atomic mass is 10.0. The minimum absolute atomic E-state index is 0.00284. The number of nitrogens with zero attached hydrogens (tertiary/aromatic N) is 3. The van der Waals surface area contributed by atoms with E-state index in [2.05, 4.69) is 27.2 Å². The maximum Gasteiger partial charge on any atom is 0.323 e. The van der Waals surface area contributed by atoms with Crippen molar-refractivity contribution in [3.05, 3.63) is 52.6 Å². The number of esters is 2. The lowest BCUT2D eigenvalue weighted by Gasteiger charge is -2.22. The standard InChI is InChI=1S/C41H64N6O6/c1-4-5-6-7-8-9-10-11-12-13-14-15-16-17-21-24-35(49)53-29-32(28-47-30-44-37-38(47)45-41(42)46-39(37)50)25-26-52-40(51)36(31(2)3)43-27-34(48)33-22-19-18-20-23-33/h18-20,22-23,30-32,36,43H,4-17,21,24-29H2,1-3H3,(H3,42,45,46,50)/t32-,36+/m1/s1. The first kappa shape index (κ1) is 43.3. The van der Waals surface area contributed by atoms with E-state index < -0.39 is 17.6 Å². The van der Waals surface area contributed by atoms with Crippen molar-refractivity contribution in [2.24, 2.45) is 11.8 Å². The van der Waals surface area contributed by atoms with Crippen molar-refractivity contribution in [3.8, 4) is 0 Å². The Morgan fingerprint density at radius 3 is 2.08 bits per heavy atom. The van der Waals surface area contributed by atoms with Gasteiger partial charge in [0.25, 0.3) is 5.56 Å². The van der Waals surface area contributed by atoms with Gasteiger partial charge >= 0.3 is 11.9 Å². The van der Waals surface area contributed by atoms with Crippen molar-refractivity contribution in [2.75, 3.05) is 25.5 Å². The Hall–Kier alpha value is -4.06. The highest BCUT2D eigenvalue weighted by Crippen LogP contribution is 2.17. The Morgan fingerprint density at radius 2 is 1.47 bits per heavy atom. The maximum absolute atomic E-state index is 13.1. The fourth-order valence-electron chi connectivity index (χ4n) is 6.47. The summed E-state index contributed by atoms with van der Waals surface area (Å²) in [6.45, 7) is 6.52. The van der Waals surface area contributed by atoms with Gasteiger partial charge < -0.3 is 19.8 Å². The average Bonchev–Trinajstić information content (AvgIpc) is 3.54. The summed E-state index contributed by atoms with van der Waals surface area (Å²) in [6.07, 6.45) is 21.1. The first-order valence-electron chi connectivity index (χ1n) is 20.0. The summed E-state index contributed by atoms with van der Waals surface area (Å²) in [4.78, 5) is 61.7. The van der Waals surface area contributed by atoms with Crippen LogP contribution >= 0.6 is 0 Å². The molecule has 0 bridgehead atoms.